The van der Waals surface area contributed by atoms with Crippen LogP contribution in [0.1, 0.15) is 36.6 Å². The van der Waals surface area contributed by atoms with Crippen LogP contribution in [-0.4, -0.2) is 46.2 Å². The smallest absolute Gasteiger partial charge is 0.263 e. The van der Waals surface area contributed by atoms with E-state index < -0.39 is 11.1 Å². The molecular weight excluding hydrogens is 459 g/mol. The van der Waals surface area contributed by atoms with Crippen molar-refractivity contribution >= 4 is 44.9 Å². The third-order valence-electron chi connectivity index (χ3n) is 5.77. The van der Waals surface area contributed by atoms with Gasteiger partial charge in [-0.2, -0.15) is 0 Å². The summed E-state index contributed by atoms with van der Waals surface area (Å²) in [7, 11) is 4.02. The molecule has 3 aromatic rings. The number of thioether (sulfide) groups is 1. The lowest BCUT2D eigenvalue weighted by Gasteiger charge is -2.17. The Labute approximate surface area is 201 Å². The number of hydrogen-bond donors (Lipinski definition) is 1. The first kappa shape index (κ1) is 23.9. The zero-order valence-corrected chi connectivity index (χ0v) is 20.8. The fourth-order valence-electron chi connectivity index (χ4n) is 4.07. The van der Waals surface area contributed by atoms with Gasteiger partial charge in [0.05, 0.1) is 10.6 Å². The van der Waals surface area contributed by atoms with Crippen molar-refractivity contribution in [2.75, 3.05) is 26.0 Å². The van der Waals surface area contributed by atoms with Crippen molar-refractivity contribution in [1.82, 2.24) is 14.5 Å². The van der Waals surface area contributed by atoms with Gasteiger partial charge in [0.2, 0.25) is 5.91 Å². The van der Waals surface area contributed by atoms with Crippen LogP contribution in [0.5, 0.6) is 0 Å². The Bertz CT molecular complexity index is 1220. The summed E-state index contributed by atoms with van der Waals surface area (Å²) in [6, 6.07) is 5.82. The molecule has 0 radical (unpaired) electrons. The zero-order valence-electron chi connectivity index (χ0n) is 19.2. The van der Waals surface area contributed by atoms with Crippen molar-refractivity contribution < 1.29 is 9.18 Å². The number of carbonyl (C=O) groups excluding carboxylic acids is 1. The molecule has 0 fully saturated rings. The van der Waals surface area contributed by atoms with E-state index in [2.05, 4.69) is 10.2 Å². The van der Waals surface area contributed by atoms with Crippen molar-refractivity contribution in [2.24, 2.45) is 0 Å². The summed E-state index contributed by atoms with van der Waals surface area (Å²) in [5, 5.41) is 3.57. The minimum absolute atomic E-state index is 0.00149. The summed E-state index contributed by atoms with van der Waals surface area (Å²) in [5.41, 5.74) is 1.58. The van der Waals surface area contributed by atoms with Crippen LogP contribution in [0.4, 0.5) is 10.1 Å². The maximum Gasteiger partial charge on any atom is 0.263 e. The summed E-state index contributed by atoms with van der Waals surface area (Å²) >= 11 is 2.89. The molecule has 1 N–H and O–H groups in total. The van der Waals surface area contributed by atoms with Gasteiger partial charge in [0.1, 0.15) is 10.6 Å². The zero-order chi connectivity index (χ0) is 23.5. The van der Waals surface area contributed by atoms with Gasteiger partial charge >= 0.3 is 0 Å². The molecule has 0 aliphatic heterocycles. The first-order valence-corrected chi connectivity index (χ1v) is 13.0. The lowest BCUT2D eigenvalue weighted by Crippen LogP contribution is -2.28. The molecule has 1 aromatic carbocycles. The number of amides is 1. The van der Waals surface area contributed by atoms with E-state index in [0.29, 0.717) is 17.4 Å². The maximum atomic E-state index is 13.6. The highest BCUT2D eigenvalue weighted by molar-refractivity contribution is 8.00. The number of nitrogens with zero attached hydrogens (tertiary/aromatic N) is 3. The predicted molar refractivity (Wildman–Crippen MR) is 134 cm³/mol. The quantitative estimate of drug-likeness (QED) is 0.372. The number of hydrogen-bond acceptors (Lipinski definition) is 6. The van der Waals surface area contributed by atoms with Crippen LogP contribution in [0.15, 0.2) is 34.2 Å². The number of aromatic nitrogens is 2. The standard InChI is InChI=1S/C24H29FN4O2S2/c1-15(21(30)26-17-9-6-8-16(25)14-17)32-24-27-22-20(18-10-4-5-11-19(18)33-22)23(31)29(24)13-7-12-28(2)3/h6,8-9,14-15H,4-5,7,10-13H2,1-3H3,(H,26,30)/t15-/m1/s1. The first-order chi connectivity index (χ1) is 15.8. The normalized spacial score (nSPS) is 14.5. The number of thiophene rings is 1. The minimum Gasteiger partial charge on any atom is -0.325 e. The molecule has 1 aliphatic rings. The average molecular weight is 489 g/mol. The molecule has 6 nitrogen and oxygen atoms in total. The van der Waals surface area contributed by atoms with Crippen LogP contribution in [0.2, 0.25) is 0 Å². The predicted octanol–water partition coefficient (Wildman–Crippen LogP) is 4.55. The molecule has 33 heavy (non-hydrogen) atoms. The SMILES string of the molecule is C[C@@H](Sc1nc2sc3c(c2c(=O)n1CCCN(C)C)CCCC3)C(=O)Nc1cccc(F)c1. The van der Waals surface area contributed by atoms with E-state index in [4.69, 9.17) is 4.98 Å². The summed E-state index contributed by atoms with van der Waals surface area (Å²) in [6.07, 6.45) is 5.00. The molecule has 0 saturated heterocycles. The number of anilines is 1. The fourth-order valence-corrected chi connectivity index (χ4v) is 6.31. The fraction of sp³-hybridized carbons (Fsp3) is 0.458. The molecule has 176 valence electrons. The van der Waals surface area contributed by atoms with Gasteiger partial charge in [-0.15, -0.1) is 11.3 Å². The molecule has 1 aliphatic carbocycles. The topological polar surface area (TPSA) is 67.2 Å². The number of carbonyl (C=O) groups is 1. The molecule has 0 bridgehead atoms. The van der Waals surface area contributed by atoms with Crippen LogP contribution in [0, 0.1) is 5.82 Å². The van der Waals surface area contributed by atoms with Crippen molar-refractivity contribution in [3.05, 3.63) is 50.9 Å². The summed E-state index contributed by atoms with van der Waals surface area (Å²) in [4.78, 5) is 35.4. The second kappa shape index (κ2) is 10.4. The Morgan fingerprint density at radius 3 is 2.88 bits per heavy atom. The van der Waals surface area contributed by atoms with Crippen molar-refractivity contribution in [1.29, 1.82) is 0 Å². The maximum absolute atomic E-state index is 13.6. The van der Waals surface area contributed by atoms with E-state index in [-0.39, 0.29) is 11.5 Å². The summed E-state index contributed by atoms with van der Waals surface area (Å²) < 4.78 is 15.2. The van der Waals surface area contributed by atoms with E-state index in [9.17, 15) is 14.0 Å². The average Bonchev–Trinajstić information content (AvgIpc) is 3.14. The highest BCUT2D eigenvalue weighted by Crippen LogP contribution is 2.35. The third kappa shape index (κ3) is 5.47. The third-order valence-corrected chi connectivity index (χ3v) is 8.05. The van der Waals surface area contributed by atoms with Gasteiger partial charge in [-0.25, -0.2) is 9.37 Å². The lowest BCUT2D eigenvalue weighted by atomic mass is 9.97. The van der Waals surface area contributed by atoms with E-state index in [1.165, 1.54) is 34.3 Å². The van der Waals surface area contributed by atoms with Crippen molar-refractivity contribution in [2.45, 2.75) is 56.0 Å². The van der Waals surface area contributed by atoms with Crippen molar-refractivity contribution in [3.63, 3.8) is 0 Å². The number of benzene rings is 1. The summed E-state index contributed by atoms with van der Waals surface area (Å²) in [6.45, 7) is 3.18. The summed E-state index contributed by atoms with van der Waals surface area (Å²) in [5.74, 6) is -0.665. The lowest BCUT2D eigenvalue weighted by molar-refractivity contribution is -0.115. The molecule has 4 rings (SSSR count). The van der Waals surface area contributed by atoms with Crippen LogP contribution in [0.25, 0.3) is 10.2 Å². The first-order valence-electron chi connectivity index (χ1n) is 11.3. The molecule has 1 amide bonds. The number of fused-ring (bicyclic) bond motifs is 3. The number of nitrogens with one attached hydrogen (secondary N) is 1. The molecule has 9 heteroatoms. The highest BCUT2D eigenvalue weighted by Gasteiger charge is 2.24. The van der Waals surface area contributed by atoms with Crippen molar-refractivity contribution in [3.8, 4) is 0 Å². The molecular formula is C24H29FN4O2S2. The van der Waals surface area contributed by atoms with Gasteiger partial charge in [-0.1, -0.05) is 17.8 Å². The molecule has 0 spiro atoms. The van der Waals surface area contributed by atoms with Crippen LogP contribution >= 0.6 is 23.1 Å². The van der Waals surface area contributed by atoms with E-state index in [0.717, 1.165) is 48.9 Å². The van der Waals surface area contributed by atoms with Gasteiger partial charge in [-0.3, -0.25) is 14.2 Å². The number of rotatable bonds is 8. The monoisotopic (exact) mass is 488 g/mol. The Morgan fingerprint density at radius 2 is 2.12 bits per heavy atom. The van der Waals surface area contributed by atoms with Gasteiger partial charge in [0.25, 0.3) is 5.56 Å². The Kier molecular flexibility index (Phi) is 7.51. The van der Waals surface area contributed by atoms with E-state index in [1.54, 1.807) is 35.0 Å². The molecule has 1 atom stereocenters. The van der Waals surface area contributed by atoms with Gasteiger partial charge < -0.3 is 10.2 Å². The van der Waals surface area contributed by atoms with E-state index >= 15 is 0 Å². The largest absolute Gasteiger partial charge is 0.325 e. The highest BCUT2D eigenvalue weighted by atomic mass is 32.2. The van der Waals surface area contributed by atoms with Crippen LogP contribution < -0.4 is 10.9 Å². The van der Waals surface area contributed by atoms with Gasteiger partial charge in [0, 0.05) is 17.1 Å². The molecule has 0 unspecified atom stereocenters. The molecule has 2 heterocycles. The molecule has 2 aromatic heterocycles. The second-order valence-corrected chi connectivity index (χ2v) is 11.1. The Morgan fingerprint density at radius 1 is 1.33 bits per heavy atom. The Hall–Kier alpha value is -2.23. The van der Waals surface area contributed by atoms with Gasteiger partial charge in [-0.05, 0) is 83.4 Å². The minimum atomic E-state index is -0.507. The van der Waals surface area contributed by atoms with Gasteiger partial charge in [0.15, 0.2) is 5.16 Å². The van der Waals surface area contributed by atoms with E-state index in [1.807, 2.05) is 14.1 Å². The molecule has 0 saturated carbocycles. The Balaban J connectivity index is 1.64. The van der Waals surface area contributed by atoms with Crippen LogP contribution in [-0.2, 0) is 24.2 Å². The number of aryl methyl sites for hydroxylation is 2. The second-order valence-electron chi connectivity index (χ2n) is 8.66. The van der Waals surface area contributed by atoms with Crippen LogP contribution in [0.3, 0.4) is 0 Å². The number of halogens is 1.